The van der Waals surface area contributed by atoms with Crippen LogP contribution in [0.4, 0.5) is 79.0 Å². The lowest BCUT2D eigenvalue weighted by molar-refractivity contribution is -0.461. The Morgan fingerprint density at radius 3 is 1.75 bits per heavy atom. The zero-order chi connectivity index (χ0) is 40.5. The molecule has 0 aliphatic carbocycles. The molecule has 25 heteroatoms. The Kier molecular flexibility index (Phi) is 10.3. The highest BCUT2D eigenvalue weighted by Gasteiger charge is 2.95. The molecular weight excluding hydrogens is 796 g/mol. The van der Waals surface area contributed by atoms with Crippen molar-refractivity contribution in [3.05, 3.63) is 74.2 Å². The van der Waals surface area contributed by atoms with Crippen LogP contribution in [0.5, 0.6) is 0 Å². The minimum absolute atomic E-state index is 0.0367. The number of hydrogen-bond acceptors (Lipinski definition) is 5. The van der Waals surface area contributed by atoms with Crippen LogP contribution in [0.15, 0.2) is 35.3 Å². The van der Waals surface area contributed by atoms with Gasteiger partial charge >= 0.3 is 47.6 Å². The summed E-state index contributed by atoms with van der Waals surface area (Å²) in [6.45, 7) is 0.986. The molecule has 0 aliphatic rings. The Balaban J connectivity index is 1.61. The Bertz CT molecular complexity index is 2030. The predicted octanol–water partition coefficient (Wildman–Crippen LogP) is 8.84. The molecule has 0 spiro atoms. The van der Waals surface area contributed by atoms with Crippen LogP contribution in [0, 0.1) is 19.7 Å². The molecule has 0 saturated heterocycles. The Morgan fingerprint density at radius 2 is 1.23 bits per heavy atom. The van der Waals surface area contributed by atoms with Crippen molar-refractivity contribution in [3.63, 3.8) is 0 Å². The summed E-state index contributed by atoms with van der Waals surface area (Å²) in [6, 6.07) is 4.92. The van der Waals surface area contributed by atoms with Crippen molar-refractivity contribution >= 4 is 21.6 Å². The fourth-order valence-electron chi connectivity index (χ4n) is 4.74. The lowest BCUT2D eigenvalue weighted by Crippen LogP contribution is -2.74. The second-order valence-corrected chi connectivity index (χ2v) is 12.8. The summed E-state index contributed by atoms with van der Waals surface area (Å²) in [4.78, 5) is 19.0. The van der Waals surface area contributed by atoms with Gasteiger partial charge in [0.25, 0.3) is 5.56 Å². The van der Waals surface area contributed by atoms with Gasteiger partial charge in [0.05, 0.1) is 18.1 Å². The number of halogens is 18. The van der Waals surface area contributed by atoms with Crippen molar-refractivity contribution in [1.29, 1.82) is 0 Å². The summed E-state index contributed by atoms with van der Waals surface area (Å²) in [5.74, 6) is -57.6. The first-order chi connectivity index (χ1) is 23.9. The lowest BCUT2D eigenvalue weighted by Gasteiger charge is -2.42. The normalized spacial score (nSPS) is 14.4. The van der Waals surface area contributed by atoms with Gasteiger partial charge in [0.2, 0.25) is 0 Å². The third-order valence-corrected chi connectivity index (χ3v) is 9.09. The number of nitrogens with zero attached hydrogens (tertiary/aromatic N) is 5. The predicted molar refractivity (Wildman–Crippen MR) is 147 cm³/mol. The van der Waals surface area contributed by atoms with Crippen molar-refractivity contribution in [1.82, 2.24) is 24.5 Å². The SMILES string of the molecule is Cc1sc2nc(Cc3ccc(F)cc3)n(Cc3cn(CCC(F)(F)C(F)(F)C(F)(F)C(F)(F)C(F)(F)C(F)(F)C(F)(F)C(F)(F)F)nn3)c(=O)c2c1C. The summed E-state index contributed by atoms with van der Waals surface area (Å²) in [5.41, 5.74) is -0.0405. The molecule has 0 atom stereocenters. The van der Waals surface area contributed by atoms with E-state index in [0.717, 1.165) is 28.0 Å². The molecule has 3 heterocycles. The Hall–Kier alpha value is -4.06. The largest absolute Gasteiger partial charge is 0.460 e. The van der Waals surface area contributed by atoms with E-state index in [2.05, 4.69) is 15.3 Å². The van der Waals surface area contributed by atoms with Crippen molar-refractivity contribution in [2.24, 2.45) is 0 Å². The smallest absolute Gasteiger partial charge is 0.290 e. The van der Waals surface area contributed by atoms with Gasteiger partial charge in [-0.2, -0.15) is 74.6 Å². The highest BCUT2D eigenvalue weighted by Crippen LogP contribution is 2.64. The van der Waals surface area contributed by atoms with E-state index < -0.39 is 78.5 Å². The van der Waals surface area contributed by atoms with E-state index in [4.69, 9.17) is 0 Å². The number of hydrogen-bond donors (Lipinski definition) is 0. The first-order valence-electron chi connectivity index (χ1n) is 14.2. The van der Waals surface area contributed by atoms with E-state index in [1.165, 1.54) is 12.1 Å². The maximum Gasteiger partial charge on any atom is 0.460 e. The van der Waals surface area contributed by atoms with Gasteiger partial charge in [-0.1, -0.05) is 17.3 Å². The Labute approximate surface area is 287 Å². The molecule has 1 aromatic carbocycles. The summed E-state index contributed by atoms with van der Waals surface area (Å²) < 4.78 is 246. The van der Waals surface area contributed by atoms with Crippen LogP contribution >= 0.6 is 11.3 Å². The van der Waals surface area contributed by atoms with Crippen LogP contribution in [-0.4, -0.2) is 72.2 Å². The molecule has 3 aromatic heterocycles. The van der Waals surface area contributed by atoms with E-state index in [9.17, 15) is 83.8 Å². The molecule has 0 radical (unpaired) electrons. The number of benzene rings is 1. The molecule has 0 N–H and O–H groups in total. The maximum absolute atomic E-state index is 14.4. The van der Waals surface area contributed by atoms with Gasteiger partial charge in [-0.25, -0.2) is 9.37 Å². The zero-order valence-electron chi connectivity index (χ0n) is 26.1. The second-order valence-electron chi connectivity index (χ2n) is 11.6. The zero-order valence-corrected chi connectivity index (χ0v) is 26.9. The van der Waals surface area contributed by atoms with Crippen LogP contribution in [0.25, 0.3) is 10.2 Å². The first-order valence-corrected chi connectivity index (χ1v) is 15.0. The van der Waals surface area contributed by atoms with Gasteiger partial charge in [-0.15, -0.1) is 16.4 Å². The fourth-order valence-corrected chi connectivity index (χ4v) is 5.78. The van der Waals surface area contributed by atoms with Crippen LogP contribution in [-0.2, 0) is 19.5 Å². The fraction of sp³-hybridized carbons (Fsp3) is 0.500. The van der Waals surface area contributed by atoms with E-state index in [-0.39, 0.29) is 28.0 Å². The number of thiophene rings is 1. The van der Waals surface area contributed by atoms with Crippen molar-refractivity contribution in [3.8, 4) is 0 Å². The Morgan fingerprint density at radius 1 is 0.717 bits per heavy atom. The highest BCUT2D eigenvalue weighted by atomic mass is 32.1. The minimum Gasteiger partial charge on any atom is -0.290 e. The van der Waals surface area contributed by atoms with Gasteiger partial charge < -0.3 is 0 Å². The van der Waals surface area contributed by atoms with Crippen LogP contribution in [0.3, 0.4) is 0 Å². The molecule has 4 aromatic rings. The molecule has 0 aliphatic heterocycles. The topological polar surface area (TPSA) is 65.6 Å². The number of alkyl halides is 17. The average Bonchev–Trinajstić information content (AvgIpc) is 3.60. The van der Waals surface area contributed by atoms with Crippen molar-refractivity contribution in [2.75, 3.05) is 0 Å². The van der Waals surface area contributed by atoms with Crippen molar-refractivity contribution in [2.45, 2.75) is 87.4 Å². The van der Waals surface area contributed by atoms with Crippen molar-refractivity contribution < 1.29 is 79.0 Å². The summed E-state index contributed by atoms with van der Waals surface area (Å²) in [7, 11) is 0. The van der Waals surface area contributed by atoms with Crippen LogP contribution in [0.1, 0.15) is 33.9 Å². The maximum atomic E-state index is 14.4. The lowest BCUT2D eigenvalue weighted by atomic mass is 9.88. The van der Waals surface area contributed by atoms with E-state index >= 15 is 0 Å². The molecule has 6 nitrogen and oxygen atoms in total. The van der Waals surface area contributed by atoms with Gasteiger partial charge in [0.1, 0.15) is 22.2 Å². The molecule has 0 bridgehead atoms. The van der Waals surface area contributed by atoms with E-state index in [0.29, 0.717) is 27.0 Å². The third-order valence-electron chi connectivity index (χ3n) is 7.99. The van der Waals surface area contributed by atoms with E-state index in [1.807, 2.05) is 0 Å². The van der Waals surface area contributed by atoms with Gasteiger partial charge in [0, 0.05) is 24.3 Å². The number of fused-ring (bicyclic) bond motifs is 1. The molecule has 0 fully saturated rings. The molecule has 294 valence electrons. The molecule has 4 rings (SSSR count). The van der Waals surface area contributed by atoms with Crippen LogP contribution in [0.2, 0.25) is 0 Å². The van der Waals surface area contributed by atoms with E-state index in [1.54, 1.807) is 13.8 Å². The minimum atomic E-state index is -8.71. The van der Waals surface area contributed by atoms with Gasteiger partial charge in [-0.3, -0.25) is 14.0 Å². The third kappa shape index (κ3) is 6.59. The quantitative estimate of drug-likeness (QED) is 0.127. The summed E-state index contributed by atoms with van der Waals surface area (Å²) in [5, 5.41) is 6.89. The van der Waals surface area contributed by atoms with Crippen LogP contribution < -0.4 is 5.56 Å². The first kappa shape index (κ1) is 41.7. The molecule has 53 heavy (non-hydrogen) atoms. The number of aryl methyl sites for hydroxylation is 3. The monoisotopic (exact) mass is 815 g/mol. The molecule has 0 saturated carbocycles. The summed E-state index contributed by atoms with van der Waals surface area (Å²) >= 11 is 1.15. The second kappa shape index (κ2) is 13.1. The average molecular weight is 816 g/mol. The standard InChI is InChI=1S/C28H19F18N5OS/c1-12-13(2)53-19-18(12)20(52)51(17(47-19)9-14-3-5-15(29)6-4-14)11-16-10-50(49-48-16)8-7-21(30,31)22(32,33)23(34,35)24(36,37)25(38,39)26(40,41)27(42,43)28(44,45)46/h3-6,10H,7-9,11H2,1-2H3. The molecular formula is C28H19F18N5OS. The van der Waals surface area contributed by atoms with Gasteiger partial charge in [-0.05, 0) is 37.1 Å². The molecule has 0 unspecified atom stereocenters. The highest BCUT2D eigenvalue weighted by molar-refractivity contribution is 7.18. The van der Waals surface area contributed by atoms with Gasteiger partial charge in [0.15, 0.2) is 0 Å². The molecule has 0 amide bonds. The number of rotatable bonds is 13. The number of aromatic nitrogens is 5. The summed E-state index contributed by atoms with van der Waals surface area (Å²) in [6.07, 6.45) is -10.0.